The molecule has 0 saturated carbocycles. The molecule has 0 fully saturated rings. The summed E-state index contributed by atoms with van der Waals surface area (Å²) < 4.78 is 0. The molecule has 0 bridgehead atoms. The highest BCUT2D eigenvalue weighted by atomic mass is 16.3. The molecular formula is C44H92N2O4. The van der Waals surface area contributed by atoms with Gasteiger partial charge in [-0.2, -0.15) is 0 Å². The van der Waals surface area contributed by atoms with Gasteiger partial charge in [-0.3, -0.25) is 9.59 Å². The first-order chi connectivity index (χ1) is 24.6. The predicted octanol–water partition coefficient (Wildman–Crippen LogP) is 13.6. The SMILES string of the molecule is CCCCCCCCCCCCCCCCN(CCN)CCCCCCCC(CCCCCCCC)CCCCCCCC.O=CO.O=CO. The third-order valence-electron chi connectivity index (χ3n) is 10.3. The van der Waals surface area contributed by atoms with Gasteiger partial charge in [0.2, 0.25) is 0 Å². The zero-order chi connectivity index (χ0) is 37.4. The summed E-state index contributed by atoms with van der Waals surface area (Å²) in [5, 5.41) is 13.8. The van der Waals surface area contributed by atoms with Crippen molar-refractivity contribution in [3.05, 3.63) is 0 Å². The first-order valence-corrected chi connectivity index (χ1v) is 22.2. The van der Waals surface area contributed by atoms with Gasteiger partial charge >= 0.3 is 0 Å². The minimum Gasteiger partial charge on any atom is -0.483 e. The highest BCUT2D eigenvalue weighted by Gasteiger charge is 2.09. The van der Waals surface area contributed by atoms with Crippen LogP contribution in [-0.2, 0) is 9.59 Å². The summed E-state index contributed by atoms with van der Waals surface area (Å²) in [6.45, 7) is 10.9. The molecule has 0 rings (SSSR count). The Kier molecular flexibility index (Phi) is 55.6. The molecule has 0 aliphatic carbocycles. The number of carbonyl (C=O) groups is 2. The minimum atomic E-state index is -0.250. The largest absolute Gasteiger partial charge is 0.483 e. The van der Waals surface area contributed by atoms with E-state index in [0.29, 0.717) is 0 Å². The summed E-state index contributed by atoms with van der Waals surface area (Å²) in [6, 6.07) is 0. The van der Waals surface area contributed by atoms with Crippen LogP contribution in [0.15, 0.2) is 0 Å². The Bertz CT molecular complexity index is 570. The number of nitrogens with zero attached hydrogens (tertiary/aromatic N) is 1. The lowest BCUT2D eigenvalue weighted by Crippen LogP contribution is -2.31. The molecule has 0 amide bonds. The Morgan fingerprint density at radius 2 is 0.620 bits per heavy atom. The molecule has 0 unspecified atom stereocenters. The van der Waals surface area contributed by atoms with E-state index >= 15 is 0 Å². The average molecular weight is 713 g/mol. The Labute approximate surface area is 313 Å². The second-order valence-electron chi connectivity index (χ2n) is 15.0. The lowest BCUT2D eigenvalue weighted by Gasteiger charge is -2.21. The molecule has 0 aromatic heterocycles. The van der Waals surface area contributed by atoms with Crippen LogP contribution < -0.4 is 5.73 Å². The Balaban J connectivity index is -0.00000341. The van der Waals surface area contributed by atoms with Gasteiger partial charge in [-0.25, -0.2) is 0 Å². The van der Waals surface area contributed by atoms with E-state index in [1.54, 1.807) is 0 Å². The van der Waals surface area contributed by atoms with Crippen molar-refractivity contribution in [1.82, 2.24) is 4.90 Å². The molecule has 0 aliphatic heterocycles. The van der Waals surface area contributed by atoms with Gasteiger partial charge in [0, 0.05) is 13.1 Å². The molecule has 4 N–H and O–H groups in total. The Morgan fingerprint density at radius 1 is 0.400 bits per heavy atom. The van der Waals surface area contributed by atoms with Gasteiger partial charge in [0.1, 0.15) is 0 Å². The molecule has 0 aromatic rings. The van der Waals surface area contributed by atoms with Crippen LogP contribution >= 0.6 is 0 Å². The topological polar surface area (TPSA) is 104 Å². The monoisotopic (exact) mass is 713 g/mol. The first-order valence-electron chi connectivity index (χ1n) is 22.2. The van der Waals surface area contributed by atoms with Crippen molar-refractivity contribution >= 4 is 12.9 Å². The van der Waals surface area contributed by atoms with Crippen LogP contribution in [0.5, 0.6) is 0 Å². The molecule has 6 nitrogen and oxygen atoms in total. The molecule has 0 atom stereocenters. The summed E-state index contributed by atoms with van der Waals surface area (Å²) in [6.07, 6.45) is 49.3. The fourth-order valence-corrected chi connectivity index (χ4v) is 7.21. The summed E-state index contributed by atoms with van der Waals surface area (Å²) in [4.78, 5) is 19.4. The number of hydrogen-bond donors (Lipinski definition) is 3. The Morgan fingerprint density at radius 3 is 0.860 bits per heavy atom. The van der Waals surface area contributed by atoms with E-state index in [1.165, 1.54) is 231 Å². The van der Waals surface area contributed by atoms with Gasteiger partial charge in [-0.05, 0) is 31.8 Å². The fourth-order valence-electron chi connectivity index (χ4n) is 7.21. The number of nitrogens with two attached hydrogens (primary N) is 1. The van der Waals surface area contributed by atoms with E-state index in [0.717, 1.165) is 19.0 Å². The molecule has 0 radical (unpaired) electrons. The average Bonchev–Trinajstić information content (AvgIpc) is 3.11. The molecule has 0 aromatic carbocycles. The minimum absolute atomic E-state index is 0.250. The highest BCUT2D eigenvalue weighted by molar-refractivity contribution is 5.33. The third kappa shape index (κ3) is 51.2. The zero-order valence-corrected chi connectivity index (χ0v) is 34.3. The van der Waals surface area contributed by atoms with Gasteiger partial charge in [0.05, 0.1) is 0 Å². The van der Waals surface area contributed by atoms with Crippen molar-refractivity contribution in [2.24, 2.45) is 11.7 Å². The van der Waals surface area contributed by atoms with Crippen molar-refractivity contribution in [1.29, 1.82) is 0 Å². The second kappa shape index (κ2) is 52.2. The van der Waals surface area contributed by atoms with Crippen LogP contribution in [0.3, 0.4) is 0 Å². The number of rotatable bonds is 39. The highest BCUT2D eigenvalue weighted by Crippen LogP contribution is 2.25. The van der Waals surface area contributed by atoms with Gasteiger partial charge in [-0.1, -0.05) is 226 Å². The maximum atomic E-state index is 8.36. The smallest absolute Gasteiger partial charge is 0.290 e. The maximum Gasteiger partial charge on any atom is 0.290 e. The summed E-state index contributed by atoms with van der Waals surface area (Å²) in [5.74, 6) is 1.01. The Hall–Kier alpha value is -1.14. The molecule has 302 valence electrons. The molecule has 0 saturated heterocycles. The molecular weight excluding hydrogens is 620 g/mol. The standard InChI is InChI=1S/C42H88N2.2CH2O2/c1-4-7-10-13-16-17-18-19-20-21-22-23-28-33-39-44(41-38-43)40-34-29-24-27-32-37-42(35-30-25-14-11-8-5-2)36-31-26-15-12-9-6-3;2*2-1-3/h42H,4-41,43H2,1-3H3;2*1H,(H,2,3). The first kappa shape index (κ1) is 53.2. The molecule has 50 heavy (non-hydrogen) atoms. The summed E-state index contributed by atoms with van der Waals surface area (Å²) in [7, 11) is 0. The summed E-state index contributed by atoms with van der Waals surface area (Å²) in [5.41, 5.74) is 5.97. The van der Waals surface area contributed by atoms with Crippen molar-refractivity contribution in [2.45, 2.75) is 239 Å². The van der Waals surface area contributed by atoms with Gasteiger partial charge < -0.3 is 20.8 Å². The van der Waals surface area contributed by atoms with Crippen molar-refractivity contribution < 1.29 is 19.8 Å². The van der Waals surface area contributed by atoms with E-state index in [1.807, 2.05) is 0 Å². The molecule has 6 heteroatoms. The molecule has 0 aliphatic rings. The zero-order valence-electron chi connectivity index (χ0n) is 34.3. The summed E-state index contributed by atoms with van der Waals surface area (Å²) >= 11 is 0. The van der Waals surface area contributed by atoms with Gasteiger partial charge in [0.15, 0.2) is 0 Å². The van der Waals surface area contributed by atoms with Gasteiger partial charge in [-0.15, -0.1) is 0 Å². The van der Waals surface area contributed by atoms with E-state index < -0.39 is 0 Å². The fraction of sp³-hybridized carbons (Fsp3) is 0.955. The molecule has 0 spiro atoms. The van der Waals surface area contributed by atoms with Crippen LogP contribution in [0.2, 0.25) is 0 Å². The number of carboxylic acid groups (broad SMARTS) is 2. The second-order valence-corrected chi connectivity index (χ2v) is 15.0. The normalized spacial score (nSPS) is 10.9. The molecule has 0 heterocycles. The van der Waals surface area contributed by atoms with Crippen molar-refractivity contribution in [2.75, 3.05) is 26.2 Å². The quantitative estimate of drug-likeness (QED) is 0.0433. The van der Waals surface area contributed by atoms with Crippen molar-refractivity contribution in [3.63, 3.8) is 0 Å². The van der Waals surface area contributed by atoms with Crippen LogP contribution in [0.25, 0.3) is 0 Å². The number of hydrogen-bond acceptors (Lipinski definition) is 4. The third-order valence-corrected chi connectivity index (χ3v) is 10.3. The van der Waals surface area contributed by atoms with Crippen LogP contribution in [0.1, 0.15) is 239 Å². The van der Waals surface area contributed by atoms with Crippen LogP contribution in [0.4, 0.5) is 0 Å². The van der Waals surface area contributed by atoms with E-state index in [2.05, 4.69) is 25.7 Å². The lowest BCUT2D eigenvalue weighted by atomic mass is 9.89. The number of unbranched alkanes of at least 4 members (excludes halogenated alkanes) is 27. The van der Waals surface area contributed by atoms with E-state index in [-0.39, 0.29) is 12.9 Å². The van der Waals surface area contributed by atoms with Crippen molar-refractivity contribution in [3.8, 4) is 0 Å². The maximum absolute atomic E-state index is 8.36. The van der Waals surface area contributed by atoms with E-state index in [4.69, 9.17) is 25.5 Å². The van der Waals surface area contributed by atoms with Crippen LogP contribution in [-0.4, -0.2) is 54.2 Å². The van der Waals surface area contributed by atoms with E-state index in [9.17, 15) is 0 Å². The predicted molar refractivity (Wildman–Crippen MR) is 220 cm³/mol. The lowest BCUT2D eigenvalue weighted by molar-refractivity contribution is -0.123. The van der Waals surface area contributed by atoms with Crippen LogP contribution in [0, 0.1) is 5.92 Å². The van der Waals surface area contributed by atoms with Gasteiger partial charge in [0.25, 0.3) is 12.9 Å².